The molecule has 1 heterocycles. The number of alkyl halides is 1. The van der Waals surface area contributed by atoms with Crippen molar-refractivity contribution in [2.24, 2.45) is 5.92 Å². The Morgan fingerprint density at radius 3 is 2.57 bits per heavy atom. The molecule has 1 amide bonds. The van der Waals surface area contributed by atoms with Gasteiger partial charge in [0.2, 0.25) is 0 Å². The lowest BCUT2D eigenvalue weighted by atomic mass is 9.88. The second-order valence-electron chi connectivity index (χ2n) is 7.47. The Bertz CT molecular complexity index is 369. The summed E-state index contributed by atoms with van der Waals surface area (Å²) in [6.07, 6.45) is 5.21. The standard InChI is InChI=1S/C16H28INO3/c1-11-6-5-7-12(8-11)20-14-10-18(9-13(14)17)15(19)21-16(2,3)4/h11-14H,5-10H2,1-4H3. The first kappa shape index (κ1) is 17.3. The molecule has 1 saturated heterocycles. The third kappa shape index (κ3) is 5.27. The van der Waals surface area contributed by atoms with Crippen molar-refractivity contribution in [2.45, 2.75) is 75.1 Å². The quantitative estimate of drug-likeness (QED) is 0.511. The minimum Gasteiger partial charge on any atom is -0.444 e. The number of likely N-dealkylation sites (tertiary alicyclic amines) is 1. The predicted octanol–water partition coefficient (Wildman–Crippen LogP) is 4.00. The molecule has 2 fully saturated rings. The highest BCUT2D eigenvalue weighted by molar-refractivity contribution is 14.1. The summed E-state index contributed by atoms with van der Waals surface area (Å²) in [6, 6.07) is 0. The maximum atomic E-state index is 12.1. The van der Waals surface area contributed by atoms with Gasteiger partial charge in [0, 0.05) is 6.54 Å². The van der Waals surface area contributed by atoms with Crippen LogP contribution < -0.4 is 0 Å². The molecular weight excluding hydrogens is 381 g/mol. The van der Waals surface area contributed by atoms with Crippen LogP contribution in [0.1, 0.15) is 53.4 Å². The van der Waals surface area contributed by atoms with Gasteiger partial charge in [0.25, 0.3) is 0 Å². The Morgan fingerprint density at radius 2 is 1.95 bits per heavy atom. The lowest BCUT2D eigenvalue weighted by Crippen LogP contribution is -2.36. The number of rotatable bonds is 2. The number of carbonyl (C=O) groups is 1. The normalized spacial score (nSPS) is 34.0. The number of hydrogen-bond donors (Lipinski definition) is 0. The Hall–Kier alpha value is -0.0400. The minimum atomic E-state index is -0.435. The Labute approximate surface area is 142 Å². The zero-order valence-corrected chi connectivity index (χ0v) is 15.8. The average Bonchev–Trinajstić information content (AvgIpc) is 2.69. The van der Waals surface area contributed by atoms with E-state index in [9.17, 15) is 4.79 Å². The van der Waals surface area contributed by atoms with Crippen LogP contribution in [0.2, 0.25) is 0 Å². The van der Waals surface area contributed by atoms with Crippen LogP contribution in [0.15, 0.2) is 0 Å². The first-order chi connectivity index (χ1) is 9.74. The van der Waals surface area contributed by atoms with Gasteiger partial charge in [0.05, 0.1) is 22.7 Å². The Kier molecular flexibility index (Phi) is 5.79. The van der Waals surface area contributed by atoms with E-state index in [1.165, 1.54) is 12.8 Å². The first-order valence-electron chi connectivity index (χ1n) is 8.02. The van der Waals surface area contributed by atoms with Crippen molar-refractivity contribution in [3.8, 4) is 0 Å². The van der Waals surface area contributed by atoms with Crippen LogP contribution >= 0.6 is 22.6 Å². The van der Waals surface area contributed by atoms with Crippen LogP contribution in [-0.2, 0) is 9.47 Å². The molecule has 5 heteroatoms. The highest BCUT2D eigenvalue weighted by Crippen LogP contribution is 2.30. The van der Waals surface area contributed by atoms with Gasteiger partial charge in [0.1, 0.15) is 5.60 Å². The van der Waals surface area contributed by atoms with E-state index in [0.717, 1.165) is 25.3 Å². The summed E-state index contributed by atoms with van der Waals surface area (Å²) in [5, 5.41) is 0. The van der Waals surface area contributed by atoms with E-state index in [1.54, 1.807) is 4.90 Å². The highest BCUT2D eigenvalue weighted by atomic mass is 127. The molecule has 0 aromatic rings. The predicted molar refractivity (Wildman–Crippen MR) is 91.9 cm³/mol. The molecule has 1 saturated carbocycles. The second-order valence-corrected chi connectivity index (χ2v) is 9.07. The minimum absolute atomic E-state index is 0.147. The topological polar surface area (TPSA) is 38.8 Å². The fourth-order valence-electron chi connectivity index (χ4n) is 3.09. The first-order valence-corrected chi connectivity index (χ1v) is 9.26. The highest BCUT2D eigenvalue weighted by Gasteiger charge is 2.38. The molecular formula is C16H28INO3. The maximum Gasteiger partial charge on any atom is 0.410 e. The van der Waals surface area contributed by atoms with Crippen molar-refractivity contribution in [1.29, 1.82) is 0 Å². The lowest BCUT2D eigenvalue weighted by molar-refractivity contribution is -0.0321. The number of carbonyl (C=O) groups excluding carboxylic acids is 1. The summed E-state index contributed by atoms with van der Waals surface area (Å²) < 4.78 is 12.1. The van der Waals surface area contributed by atoms with Gasteiger partial charge in [-0.1, -0.05) is 42.4 Å². The molecule has 0 bridgehead atoms. The zero-order chi connectivity index (χ0) is 15.6. The van der Waals surface area contributed by atoms with E-state index in [-0.39, 0.29) is 12.2 Å². The van der Waals surface area contributed by atoms with Crippen LogP contribution in [0.5, 0.6) is 0 Å². The van der Waals surface area contributed by atoms with Crippen molar-refractivity contribution >= 4 is 28.7 Å². The van der Waals surface area contributed by atoms with Crippen LogP contribution in [0, 0.1) is 5.92 Å². The smallest absolute Gasteiger partial charge is 0.410 e. The molecule has 2 rings (SSSR count). The molecule has 0 aromatic carbocycles. The monoisotopic (exact) mass is 409 g/mol. The van der Waals surface area contributed by atoms with Crippen molar-refractivity contribution in [1.82, 2.24) is 4.90 Å². The second kappa shape index (κ2) is 7.02. The van der Waals surface area contributed by atoms with Gasteiger partial charge in [-0.25, -0.2) is 4.79 Å². The van der Waals surface area contributed by atoms with Gasteiger partial charge >= 0.3 is 6.09 Å². The van der Waals surface area contributed by atoms with Crippen LogP contribution in [0.4, 0.5) is 4.79 Å². The van der Waals surface area contributed by atoms with Gasteiger partial charge in [-0.2, -0.15) is 0 Å². The van der Waals surface area contributed by atoms with Crippen LogP contribution in [0.3, 0.4) is 0 Å². The molecule has 0 N–H and O–H groups in total. The number of ether oxygens (including phenoxy) is 2. The van der Waals surface area contributed by atoms with E-state index in [2.05, 4.69) is 29.5 Å². The summed E-state index contributed by atoms with van der Waals surface area (Å²) in [5.41, 5.74) is -0.435. The molecule has 0 spiro atoms. The fraction of sp³-hybridized carbons (Fsp3) is 0.938. The van der Waals surface area contributed by atoms with Gasteiger partial charge in [-0.15, -0.1) is 0 Å². The summed E-state index contributed by atoms with van der Waals surface area (Å²) in [4.78, 5) is 13.9. The van der Waals surface area contributed by atoms with Gasteiger partial charge in [-0.3, -0.25) is 0 Å². The molecule has 1 aliphatic carbocycles. The summed E-state index contributed by atoms with van der Waals surface area (Å²) in [7, 11) is 0. The Morgan fingerprint density at radius 1 is 1.24 bits per heavy atom. The van der Waals surface area contributed by atoms with Crippen molar-refractivity contribution in [3.63, 3.8) is 0 Å². The Balaban J connectivity index is 1.84. The maximum absolute atomic E-state index is 12.1. The van der Waals surface area contributed by atoms with Gasteiger partial charge < -0.3 is 14.4 Å². The number of halogens is 1. The van der Waals surface area contributed by atoms with Crippen molar-refractivity contribution < 1.29 is 14.3 Å². The molecule has 0 aromatic heterocycles. The molecule has 0 radical (unpaired) electrons. The summed E-state index contributed by atoms with van der Waals surface area (Å²) in [6.45, 7) is 9.40. The van der Waals surface area contributed by atoms with E-state index < -0.39 is 5.60 Å². The van der Waals surface area contributed by atoms with E-state index in [1.807, 2.05) is 20.8 Å². The van der Waals surface area contributed by atoms with Crippen molar-refractivity contribution in [3.05, 3.63) is 0 Å². The molecule has 1 aliphatic heterocycles. The summed E-state index contributed by atoms with van der Waals surface area (Å²) >= 11 is 2.41. The molecule has 21 heavy (non-hydrogen) atoms. The average molecular weight is 409 g/mol. The van der Waals surface area contributed by atoms with E-state index in [0.29, 0.717) is 16.6 Å². The fourth-order valence-corrected chi connectivity index (χ4v) is 3.96. The molecule has 4 atom stereocenters. The SMILES string of the molecule is CC1CCCC(OC2CN(C(=O)OC(C)(C)C)CC2I)C1. The molecule has 4 unspecified atom stereocenters. The van der Waals surface area contributed by atoms with Crippen LogP contribution in [0.25, 0.3) is 0 Å². The summed E-state index contributed by atoms with van der Waals surface area (Å²) in [5.74, 6) is 0.764. The van der Waals surface area contributed by atoms with Gasteiger partial charge in [0.15, 0.2) is 0 Å². The van der Waals surface area contributed by atoms with Crippen molar-refractivity contribution in [2.75, 3.05) is 13.1 Å². The number of hydrogen-bond acceptors (Lipinski definition) is 3. The van der Waals surface area contributed by atoms with E-state index in [4.69, 9.17) is 9.47 Å². The van der Waals surface area contributed by atoms with E-state index >= 15 is 0 Å². The number of nitrogens with zero attached hydrogens (tertiary/aromatic N) is 1. The third-order valence-corrected chi connectivity index (χ3v) is 5.30. The zero-order valence-electron chi connectivity index (χ0n) is 13.6. The third-order valence-electron chi connectivity index (χ3n) is 4.11. The largest absolute Gasteiger partial charge is 0.444 e. The van der Waals surface area contributed by atoms with Gasteiger partial charge in [-0.05, 0) is 39.5 Å². The lowest BCUT2D eigenvalue weighted by Gasteiger charge is -2.30. The number of amides is 1. The molecule has 4 nitrogen and oxygen atoms in total. The van der Waals surface area contributed by atoms with Crippen LogP contribution in [-0.4, -0.2) is 45.8 Å². The molecule has 122 valence electrons. The molecule has 2 aliphatic rings.